The fourth-order valence-electron chi connectivity index (χ4n) is 1.61. The molecule has 0 spiro atoms. The first-order chi connectivity index (χ1) is 8.72. The van der Waals surface area contributed by atoms with Crippen molar-refractivity contribution in [2.75, 3.05) is 19.7 Å². The molecule has 1 aromatic rings. The molecule has 1 N–H and O–H groups in total. The summed E-state index contributed by atoms with van der Waals surface area (Å²) in [6.45, 7) is 0.371. The number of nitrogens with one attached hydrogen (secondary N) is 1. The first-order valence-electron chi connectivity index (χ1n) is 5.42. The summed E-state index contributed by atoms with van der Waals surface area (Å²) < 4.78 is 5.39. The minimum Gasteiger partial charge on any atom is -0.490 e. The molecule has 1 aliphatic heterocycles. The van der Waals surface area contributed by atoms with E-state index < -0.39 is 6.03 Å². The van der Waals surface area contributed by atoms with E-state index in [1.54, 1.807) is 24.3 Å². The van der Waals surface area contributed by atoms with E-state index in [1.165, 1.54) is 0 Å². The van der Waals surface area contributed by atoms with E-state index in [0.717, 1.165) is 4.90 Å². The molecule has 0 aromatic heterocycles. The van der Waals surface area contributed by atoms with E-state index in [1.807, 2.05) is 6.07 Å². The van der Waals surface area contributed by atoms with Crippen LogP contribution in [0.1, 0.15) is 5.56 Å². The van der Waals surface area contributed by atoms with Crippen LogP contribution in [0.4, 0.5) is 4.79 Å². The van der Waals surface area contributed by atoms with Crippen LogP contribution in [0.25, 0.3) is 0 Å². The Bertz CT molecular complexity index is 506. The number of hydrogen-bond acceptors (Lipinski definition) is 4. The summed E-state index contributed by atoms with van der Waals surface area (Å²) in [6.07, 6.45) is 0. The number of imide groups is 1. The summed E-state index contributed by atoms with van der Waals surface area (Å²) in [5.74, 6) is 0.184. The highest BCUT2D eigenvalue weighted by Gasteiger charge is 2.27. The van der Waals surface area contributed by atoms with Crippen molar-refractivity contribution >= 4 is 11.9 Å². The SMILES string of the molecule is N#Cc1ccccc1OCCN1C(=O)CNC1=O. The van der Waals surface area contributed by atoms with Crippen molar-refractivity contribution in [3.8, 4) is 11.8 Å². The zero-order valence-electron chi connectivity index (χ0n) is 9.55. The van der Waals surface area contributed by atoms with Crippen molar-refractivity contribution in [2.45, 2.75) is 0 Å². The van der Waals surface area contributed by atoms with Gasteiger partial charge in [-0.25, -0.2) is 4.79 Å². The number of urea groups is 1. The number of ether oxygens (including phenoxy) is 1. The number of rotatable bonds is 4. The molecule has 6 heteroatoms. The van der Waals surface area contributed by atoms with Gasteiger partial charge in [0.25, 0.3) is 0 Å². The lowest BCUT2D eigenvalue weighted by molar-refractivity contribution is -0.125. The predicted octanol–water partition coefficient (Wildman–Crippen LogP) is 0.489. The molecule has 18 heavy (non-hydrogen) atoms. The number of carbonyl (C=O) groups is 2. The monoisotopic (exact) mass is 245 g/mol. The Balaban J connectivity index is 1.91. The van der Waals surface area contributed by atoms with Gasteiger partial charge in [-0.05, 0) is 12.1 Å². The van der Waals surface area contributed by atoms with Crippen molar-refractivity contribution in [3.63, 3.8) is 0 Å². The van der Waals surface area contributed by atoms with Crippen LogP contribution >= 0.6 is 0 Å². The highest BCUT2D eigenvalue weighted by Crippen LogP contribution is 2.16. The molecule has 0 saturated carbocycles. The molecule has 0 bridgehead atoms. The maximum absolute atomic E-state index is 11.3. The molecule has 1 heterocycles. The summed E-state index contributed by atoms with van der Waals surface area (Å²) in [5.41, 5.74) is 0.426. The van der Waals surface area contributed by atoms with Crippen molar-refractivity contribution in [3.05, 3.63) is 29.8 Å². The fourth-order valence-corrected chi connectivity index (χ4v) is 1.61. The van der Waals surface area contributed by atoms with Crippen LogP contribution in [0.2, 0.25) is 0 Å². The number of hydrogen-bond donors (Lipinski definition) is 1. The van der Waals surface area contributed by atoms with E-state index in [4.69, 9.17) is 10.00 Å². The quantitative estimate of drug-likeness (QED) is 0.782. The molecule has 92 valence electrons. The summed E-state index contributed by atoms with van der Waals surface area (Å²) in [5, 5.41) is 11.3. The topological polar surface area (TPSA) is 82.4 Å². The maximum Gasteiger partial charge on any atom is 0.324 e. The highest BCUT2D eigenvalue weighted by atomic mass is 16.5. The van der Waals surface area contributed by atoms with Gasteiger partial charge in [0, 0.05) is 0 Å². The predicted molar refractivity (Wildman–Crippen MR) is 61.8 cm³/mol. The molecule has 6 nitrogen and oxygen atoms in total. The van der Waals surface area contributed by atoms with Crippen molar-refractivity contribution in [1.29, 1.82) is 5.26 Å². The van der Waals surface area contributed by atoms with Gasteiger partial charge in [0.2, 0.25) is 5.91 Å². The van der Waals surface area contributed by atoms with Crippen LogP contribution in [-0.4, -0.2) is 36.5 Å². The molecular weight excluding hydrogens is 234 g/mol. The molecule has 0 aliphatic carbocycles. The minimum atomic E-state index is -0.405. The Morgan fingerprint density at radius 3 is 2.83 bits per heavy atom. The van der Waals surface area contributed by atoms with Gasteiger partial charge in [-0.3, -0.25) is 9.69 Å². The van der Waals surface area contributed by atoms with Gasteiger partial charge in [-0.2, -0.15) is 5.26 Å². The van der Waals surface area contributed by atoms with Gasteiger partial charge in [0.15, 0.2) is 0 Å². The van der Waals surface area contributed by atoms with E-state index >= 15 is 0 Å². The van der Waals surface area contributed by atoms with Gasteiger partial charge in [0.05, 0.1) is 18.7 Å². The van der Waals surface area contributed by atoms with Gasteiger partial charge >= 0.3 is 6.03 Å². The van der Waals surface area contributed by atoms with Crippen LogP contribution < -0.4 is 10.1 Å². The third-order valence-electron chi connectivity index (χ3n) is 2.52. The van der Waals surface area contributed by atoms with Crippen molar-refractivity contribution < 1.29 is 14.3 Å². The van der Waals surface area contributed by atoms with Crippen LogP contribution in [0.15, 0.2) is 24.3 Å². The molecule has 0 radical (unpaired) electrons. The Hall–Kier alpha value is -2.55. The standard InChI is InChI=1S/C12H11N3O3/c13-7-9-3-1-2-4-10(9)18-6-5-15-11(16)8-14-12(15)17/h1-4H,5-6,8H2,(H,14,17). The first-order valence-corrected chi connectivity index (χ1v) is 5.42. The number of nitrogens with zero attached hydrogens (tertiary/aromatic N) is 2. The van der Waals surface area contributed by atoms with Crippen molar-refractivity contribution in [1.82, 2.24) is 10.2 Å². The molecule has 1 aromatic carbocycles. The Morgan fingerprint density at radius 2 is 2.17 bits per heavy atom. The number of para-hydroxylation sites is 1. The van der Waals surface area contributed by atoms with Gasteiger partial charge < -0.3 is 10.1 Å². The number of benzene rings is 1. The average Bonchev–Trinajstić information content (AvgIpc) is 2.71. The van der Waals surface area contributed by atoms with Gasteiger partial charge in [-0.1, -0.05) is 12.1 Å². The molecule has 0 atom stereocenters. The number of nitriles is 1. The lowest BCUT2D eigenvalue weighted by Gasteiger charge is -2.13. The van der Waals surface area contributed by atoms with E-state index in [0.29, 0.717) is 11.3 Å². The van der Waals surface area contributed by atoms with Crippen LogP contribution in [-0.2, 0) is 4.79 Å². The molecule has 1 aliphatic rings. The highest BCUT2D eigenvalue weighted by molar-refractivity contribution is 6.01. The average molecular weight is 245 g/mol. The zero-order valence-corrected chi connectivity index (χ0v) is 9.55. The third-order valence-corrected chi connectivity index (χ3v) is 2.52. The fraction of sp³-hybridized carbons (Fsp3) is 0.250. The third kappa shape index (κ3) is 2.40. The zero-order chi connectivity index (χ0) is 13.0. The molecular formula is C12H11N3O3. The smallest absolute Gasteiger partial charge is 0.324 e. The van der Waals surface area contributed by atoms with Crippen molar-refractivity contribution in [2.24, 2.45) is 0 Å². The lowest BCUT2D eigenvalue weighted by Crippen LogP contribution is -2.34. The summed E-state index contributed by atoms with van der Waals surface area (Å²) in [7, 11) is 0. The second-order valence-corrected chi connectivity index (χ2v) is 3.66. The second kappa shape index (κ2) is 5.19. The molecule has 1 saturated heterocycles. The lowest BCUT2D eigenvalue weighted by atomic mass is 10.2. The Morgan fingerprint density at radius 1 is 1.39 bits per heavy atom. The normalized spacial score (nSPS) is 14.3. The minimum absolute atomic E-state index is 0.0353. The first kappa shape index (κ1) is 11.9. The Kier molecular flexibility index (Phi) is 3.44. The summed E-state index contributed by atoms with van der Waals surface area (Å²) in [6, 6.07) is 8.41. The maximum atomic E-state index is 11.3. The van der Waals surface area contributed by atoms with E-state index in [-0.39, 0.29) is 25.6 Å². The molecule has 1 fully saturated rings. The second-order valence-electron chi connectivity index (χ2n) is 3.66. The number of amides is 3. The number of carbonyl (C=O) groups excluding carboxylic acids is 2. The summed E-state index contributed by atoms with van der Waals surface area (Å²) >= 11 is 0. The van der Waals surface area contributed by atoms with E-state index in [9.17, 15) is 9.59 Å². The largest absolute Gasteiger partial charge is 0.490 e. The van der Waals surface area contributed by atoms with Crippen LogP contribution in [0.5, 0.6) is 5.75 Å². The molecule has 0 unspecified atom stereocenters. The molecule has 2 rings (SSSR count). The summed E-state index contributed by atoms with van der Waals surface area (Å²) in [4.78, 5) is 23.6. The van der Waals surface area contributed by atoms with E-state index in [2.05, 4.69) is 5.32 Å². The van der Waals surface area contributed by atoms with Crippen LogP contribution in [0.3, 0.4) is 0 Å². The Labute approximate surface area is 104 Å². The van der Waals surface area contributed by atoms with Crippen LogP contribution in [0, 0.1) is 11.3 Å². The van der Waals surface area contributed by atoms with Gasteiger partial charge in [-0.15, -0.1) is 0 Å². The van der Waals surface area contributed by atoms with Gasteiger partial charge in [0.1, 0.15) is 18.4 Å². The molecule has 3 amide bonds.